The number of aliphatic hydroxyl groups excluding tert-OH is 11. The molecule has 30 heteroatoms. The van der Waals surface area contributed by atoms with Gasteiger partial charge in [-0.2, -0.15) is 11.8 Å². The van der Waals surface area contributed by atoms with Gasteiger partial charge in [0.1, 0.15) is 72.5 Å². The van der Waals surface area contributed by atoms with E-state index < -0.39 is 136 Å². The second-order valence-corrected chi connectivity index (χ2v) is 20.8. The first-order valence-corrected chi connectivity index (χ1v) is 27.2. The van der Waals surface area contributed by atoms with Crippen LogP contribution in [0.15, 0.2) is 6.20 Å². The summed E-state index contributed by atoms with van der Waals surface area (Å²) in [6, 6.07) is -1.29. The first-order valence-electron chi connectivity index (χ1n) is 26.2. The summed E-state index contributed by atoms with van der Waals surface area (Å²) in [5.41, 5.74) is 0.172. The highest BCUT2D eigenvalue weighted by atomic mass is 32.2. The number of nitrogens with zero attached hydrogens (tertiary/aromatic N) is 3. The third-order valence-electron chi connectivity index (χ3n) is 13.6. The number of Topliss-reactive ketones (excluding diaryl/α,β-unsaturated/α-hetero) is 1. The van der Waals surface area contributed by atoms with Crippen LogP contribution >= 0.6 is 11.8 Å². The van der Waals surface area contributed by atoms with E-state index in [1.54, 1.807) is 6.92 Å². The van der Waals surface area contributed by atoms with E-state index in [1.165, 1.54) is 10.9 Å². The van der Waals surface area contributed by atoms with Crippen molar-refractivity contribution in [1.29, 1.82) is 0 Å². The number of fused-ring (bicyclic) bond motifs is 1. The molecule has 4 fully saturated rings. The van der Waals surface area contributed by atoms with Gasteiger partial charge in [-0.05, 0) is 25.7 Å². The quantitative estimate of drug-likeness (QED) is 0.0220. The van der Waals surface area contributed by atoms with Crippen LogP contribution in [0.2, 0.25) is 0 Å². The summed E-state index contributed by atoms with van der Waals surface area (Å²) in [7, 11) is 0. The Morgan fingerprint density at radius 1 is 0.909 bits per heavy atom. The average molecular weight is 1130 g/mol. The molecule has 5 heterocycles. The molecular weight excluding hydrogens is 1050 g/mol. The fourth-order valence-corrected chi connectivity index (χ4v) is 11.0. The maximum absolute atomic E-state index is 14.5. The van der Waals surface area contributed by atoms with Crippen LogP contribution in [0.3, 0.4) is 0 Å². The zero-order valence-electron chi connectivity index (χ0n) is 43.4. The summed E-state index contributed by atoms with van der Waals surface area (Å²) in [5.74, 6) is -3.73. The number of nitrogens with one attached hydrogen (secondary N) is 4. The molecule has 29 nitrogen and oxygen atoms in total. The molecule has 5 unspecified atom stereocenters. The number of urea groups is 1. The van der Waals surface area contributed by atoms with Crippen molar-refractivity contribution in [3.05, 3.63) is 11.9 Å². The molecule has 4 aliphatic rings. The van der Waals surface area contributed by atoms with Crippen molar-refractivity contribution in [2.75, 3.05) is 65.2 Å². The Labute approximate surface area is 449 Å². The van der Waals surface area contributed by atoms with Crippen LogP contribution < -0.4 is 21.3 Å². The predicted molar refractivity (Wildman–Crippen MR) is 265 cm³/mol. The van der Waals surface area contributed by atoms with Gasteiger partial charge in [0.15, 0.2) is 6.29 Å². The molecule has 77 heavy (non-hydrogen) atoms. The second kappa shape index (κ2) is 32.2. The first-order chi connectivity index (χ1) is 36.9. The normalized spacial score (nSPS) is 30.6. The highest BCUT2D eigenvalue weighted by molar-refractivity contribution is 8.00. The van der Waals surface area contributed by atoms with E-state index in [2.05, 4.69) is 31.6 Å². The van der Waals surface area contributed by atoms with Crippen molar-refractivity contribution in [1.82, 2.24) is 36.3 Å². The van der Waals surface area contributed by atoms with Gasteiger partial charge in [0, 0.05) is 43.8 Å². The van der Waals surface area contributed by atoms with E-state index in [-0.39, 0.29) is 62.4 Å². The minimum absolute atomic E-state index is 0.0192. The maximum Gasteiger partial charge on any atom is 0.315 e. The molecule has 5 rings (SSSR count). The van der Waals surface area contributed by atoms with Gasteiger partial charge >= 0.3 is 6.03 Å². The van der Waals surface area contributed by atoms with Crippen LogP contribution in [0, 0.1) is 0 Å². The lowest BCUT2D eigenvalue weighted by Crippen LogP contribution is -2.71. The van der Waals surface area contributed by atoms with Gasteiger partial charge in [-0.3, -0.25) is 14.4 Å². The molecular formula is C47H81N7O22S. The van der Waals surface area contributed by atoms with E-state index in [0.717, 1.165) is 31.9 Å². The third kappa shape index (κ3) is 18.6. The summed E-state index contributed by atoms with van der Waals surface area (Å²) in [4.78, 5) is 50.6. The van der Waals surface area contributed by atoms with Crippen molar-refractivity contribution in [3.63, 3.8) is 0 Å². The highest BCUT2D eigenvalue weighted by Gasteiger charge is 2.59. The Hall–Kier alpha value is -3.35. The Morgan fingerprint density at radius 3 is 2.27 bits per heavy atom. The summed E-state index contributed by atoms with van der Waals surface area (Å²) in [5, 5.41) is 137. The number of aliphatic hydroxyl groups is 11. The molecule has 15 N–H and O–H groups in total. The van der Waals surface area contributed by atoms with Gasteiger partial charge < -0.3 is 111 Å². The number of ether oxygens (including phenoxy) is 7. The van der Waals surface area contributed by atoms with Crippen molar-refractivity contribution in [3.8, 4) is 0 Å². The molecule has 0 radical (unpaired) electrons. The van der Waals surface area contributed by atoms with Gasteiger partial charge in [-0.15, -0.1) is 5.10 Å². The molecule has 0 bridgehead atoms. The molecule has 1 aromatic rings. The van der Waals surface area contributed by atoms with Crippen LogP contribution in [0.5, 0.6) is 0 Å². The maximum atomic E-state index is 14.5. The lowest BCUT2D eigenvalue weighted by atomic mass is 9.87. The Morgan fingerprint density at radius 2 is 1.60 bits per heavy atom. The molecule has 442 valence electrons. The van der Waals surface area contributed by atoms with Gasteiger partial charge in [0.05, 0.1) is 102 Å². The topological polar surface area (TPSA) is 434 Å². The van der Waals surface area contributed by atoms with Crippen LogP contribution in [0.25, 0.3) is 0 Å². The predicted octanol–water partition coefficient (Wildman–Crippen LogP) is -5.83. The van der Waals surface area contributed by atoms with Crippen LogP contribution in [-0.4, -0.2) is 269 Å². The molecule has 0 aliphatic carbocycles. The van der Waals surface area contributed by atoms with E-state index >= 15 is 0 Å². The van der Waals surface area contributed by atoms with E-state index in [9.17, 15) is 75.3 Å². The highest BCUT2D eigenvalue weighted by Crippen LogP contribution is 2.38. The van der Waals surface area contributed by atoms with Crippen molar-refractivity contribution in [2.24, 2.45) is 0 Å². The monoisotopic (exact) mass is 1130 g/mol. The number of hydrogen-bond donors (Lipinski definition) is 15. The molecule has 1 aromatic heterocycles. The Kier molecular flexibility index (Phi) is 26.9. The van der Waals surface area contributed by atoms with E-state index in [4.69, 9.17) is 33.2 Å². The molecule has 18 atom stereocenters. The molecule has 4 amide bonds. The van der Waals surface area contributed by atoms with Crippen LogP contribution in [-0.2, 0) is 60.6 Å². The number of aromatic nitrogens is 3. The summed E-state index contributed by atoms with van der Waals surface area (Å²) in [6.07, 6.45) is -19.8. The fraction of sp³-hybridized carbons (Fsp3) is 0.872. The SMILES string of the molecule is CCCC(O)[C@@H](O)[C@H](O[C@@H]1OC(CO)[C@H](O)[C@H](O[C@]2(C(=O)NCc3cn(CCOCCOCCOCCCC(=O)CCCC[C@@H]4SC[C@@H]5NC(=O)N[C@@H]54)nn3)C[C@@H](O)[C@@H](NC(C)=O)C([C@H](O)[C@H](O)CO)O2)C1O)C(O)CO. The molecule has 0 aromatic carbocycles. The number of hydrogen-bond acceptors (Lipinski definition) is 25. The summed E-state index contributed by atoms with van der Waals surface area (Å²) in [6.45, 7) is 1.37. The molecule has 4 saturated heterocycles. The number of rotatable bonds is 36. The zero-order chi connectivity index (χ0) is 56.2. The van der Waals surface area contributed by atoms with Crippen molar-refractivity contribution in [2.45, 2.75) is 193 Å². The van der Waals surface area contributed by atoms with Gasteiger partial charge in [-0.1, -0.05) is 25.0 Å². The zero-order valence-corrected chi connectivity index (χ0v) is 44.2. The van der Waals surface area contributed by atoms with E-state index in [1.807, 2.05) is 11.8 Å². The fourth-order valence-electron chi connectivity index (χ4n) is 9.47. The van der Waals surface area contributed by atoms with E-state index in [0.29, 0.717) is 50.8 Å². The number of carbonyl (C=O) groups is 4. The first kappa shape index (κ1) is 64.5. The lowest BCUT2D eigenvalue weighted by molar-refractivity contribution is -0.374. The standard InChI is InChI=1S/C47H81N7O22S/c1-3-7-29(60)37(64)41(32(63)22-56)74-44-40(67)43(39(66)33(23-57)73-44)76-47(18-30(61)36(49-25(2)58)42(75-47)38(65)31(62)21-55)45(68)48-19-26-20-54(53-52-26)11-13-71-15-17-72-16-14-70-12-6-9-27(59)8-4-5-10-34-35-28(24-77-34)50-46(69)51-35/h20,28-44,55-57,60-67H,3-19,21-24H2,1-2H3,(H,48,68)(H,49,58)(H2,50,51,69)/t28-,29?,30+,31+,32?,33?,34-,35-,36+,37+,38+,39-,40?,41+,42?,43-,44-,47-/m0/s1. The smallest absolute Gasteiger partial charge is 0.315 e. The van der Waals surface area contributed by atoms with Gasteiger partial charge in [0.2, 0.25) is 5.91 Å². The summed E-state index contributed by atoms with van der Waals surface area (Å²) >= 11 is 1.87. The summed E-state index contributed by atoms with van der Waals surface area (Å²) < 4.78 is 41.6. The second-order valence-electron chi connectivity index (χ2n) is 19.6. The largest absolute Gasteiger partial charge is 0.394 e. The van der Waals surface area contributed by atoms with Crippen LogP contribution in [0.4, 0.5) is 4.79 Å². The minimum Gasteiger partial charge on any atom is -0.394 e. The number of thioether (sulfide) groups is 1. The van der Waals surface area contributed by atoms with Crippen molar-refractivity contribution >= 4 is 35.4 Å². The van der Waals surface area contributed by atoms with Crippen molar-refractivity contribution < 1.29 is 109 Å². The number of ketones is 1. The Bertz CT molecular complexity index is 1950. The molecule has 4 aliphatic heterocycles. The third-order valence-corrected chi connectivity index (χ3v) is 15.1. The Balaban J connectivity index is 1.11. The van der Waals surface area contributed by atoms with Crippen LogP contribution in [0.1, 0.15) is 77.3 Å². The number of unbranched alkanes of at least 4 members (excludes halogenated alkanes) is 1. The molecule has 0 saturated carbocycles. The van der Waals surface area contributed by atoms with Gasteiger partial charge in [-0.25, -0.2) is 9.48 Å². The molecule has 0 spiro atoms. The number of amides is 4. The number of carbonyl (C=O) groups excluding carboxylic acids is 4. The van der Waals surface area contributed by atoms with Gasteiger partial charge in [0.25, 0.3) is 11.7 Å². The average Bonchev–Trinajstić information content (AvgIpc) is 4.16. The lowest BCUT2D eigenvalue weighted by Gasteiger charge is -2.51. The minimum atomic E-state index is -2.88.